The van der Waals surface area contributed by atoms with Crippen molar-refractivity contribution in [2.75, 3.05) is 30.9 Å². The fraction of sp³-hybridized carbons (Fsp3) is 1.00. The first-order chi connectivity index (χ1) is 8.53. The second-order valence-electron chi connectivity index (χ2n) is 3.39. The Bertz CT molecular complexity index is 189. The third kappa shape index (κ3) is 10.5. The SMILES string of the molecule is CC(CCl)OP(OCC(Cl)CCl)OCC(Cl)CCl. The second-order valence-corrected chi connectivity index (χ2v) is 6.72. The van der Waals surface area contributed by atoms with Crippen LogP contribution in [0.4, 0.5) is 0 Å². The molecule has 0 radical (unpaired) electrons. The molecule has 0 aromatic heterocycles. The first kappa shape index (κ1) is 19.8. The molecule has 3 atom stereocenters. The van der Waals surface area contributed by atoms with Gasteiger partial charge in [0.25, 0.3) is 0 Å². The van der Waals surface area contributed by atoms with E-state index in [0.29, 0.717) is 5.88 Å². The Hall–Kier alpha value is 1.76. The van der Waals surface area contributed by atoms with Crippen molar-refractivity contribution in [2.45, 2.75) is 23.8 Å². The number of alkyl halides is 5. The zero-order valence-electron chi connectivity index (χ0n) is 9.83. The summed E-state index contributed by atoms with van der Waals surface area (Å²) in [6.07, 6.45) is -0.188. The van der Waals surface area contributed by atoms with E-state index in [1.165, 1.54) is 0 Å². The Labute approximate surface area is 134 Å². The summed E-state index contributed by atoms with van der Waals surface area (Å²) in [5.41, 5.74) is 0. The summed E-state index contributed by atoms with van der Waals surface area (Å²) >= 11 is 28.5. The van der Waals surface area contributed by atoms with E-state index < -0.39 is 8.60 Å². The molecule has 9 heteroatoms. The molecule has 0 rings (SSSR count). The van der Waals surface area contributed by atoms with Crippen LogP contribution in [0.15, 0.2) is 0 Å². The smallest absolute Gasteiger partial charge is 0.311 e. The van der Waals surface area contributed by atoms with Gasteiger partial charge in [0, 0.05) is 17.6 Å². The lowest BCUT2D eigenvalue weighted by molar-refractivity contribution is 0.136. The molecule has 0 saturated carbocycles. The molecule has 0 aromatic rings. The van der Waals surface area contributed by atoms with Crippen LogP contribution in [0.2, 0.25) is 0 Å². The van der Waals surface area contributed by atoms with Gasteiger partial charge in [0.1, 0.15) is 0 Å². The molecule has 0 amide bonds. The predicted octanol–water partition coefficient (Wildman–Crippen LogP) is 4.58. The van der Waals surface area contributed by atoms with E-state index in [4.69, 9.17) is 71.6 Å². The summed E-state index contributed by atoms with van der Waals surface area (Å²) in [6.45, 7) is 2.29. The van der Waals surface area contributed by atoms with Crippen molar-refractivity contribution < 1.29 is 13.6 Å². The van der Waals surface area contributed by atoms with Gasteiger partial charge in [0.05, 0.1) is 30.1 Å². The van der Waals surface area contributed by atoms with E-state index in [1.807, 2.05) is 6.92 Å². The van der Waals surface area contributed by atoms with E-state index in [-0.39, 0.29) is 41.8 Å². The molecule has 0 heterocycles. The summed E-state index contributed by atoms with van der Waals surface area (Å²) < 4.78 is 16.3. The van der Waals surface area contributed by atoms with Crippen LogP contribution in [-0.2, 0) is 13.6 Å². The number of hydrogen-bond donors (Lipinski definition) is 0. The zero-order chi connectivity index (χ0) is 14.0. The lowest BCUT2D eigenvalue weighted by Crippen LogP contribution is -2.15. The predicted molar refractivity (Wildman–Crippen MR) is 80.8 cm³/mol. The highest BCUT2D eigenvalue weighted by molar-refractivity contribution is 7.41. The molecule has 0 N–H and O–H groups in total. The van der Waals surface area contributed by atoms with Crippen molar-refractivity contribution >= 4 is 66.6 Å². The fourth-order valence-electron chi connectivity index (χ4n) is 0.646. The van der Waals surface area contributed by atoms with E-state index in [0.717, 1.165) is 0 Å². The number of halogens is 5. The van der Waals surface area contributed by atoms with E-state index in [1.54, 1.807) is 0 Å². The molecule has 0 bridgehead atoms. The normalized spacial score (nSPS) is 18.3. The van der Waals surface area contributed by atoms with Gasteiger partial charge in [-0.3, -0.25) is 0 Å². The van der Waals surface area contributed by atoms with Gasteiger partial charge >= 0.3 is 8.60 Å². The van der Waals surface area contributed by atoms with Gasteiger partial charge < -0.3 is 13.6 Å². The maximum Gasteiger partial charge on any atom is 0.333 e. The molecule has 0 saturated heterocycles. The van der Waals surface area contributed by atoms with E-state index in [2.05, 4.69) is 0 Å². The standard InChI is InChI=1S/C9H16Cl5O3P/c1-7(2-10)17-18(15-5-8(13)3-11)16-6-9(14)4-12/h7-9H,2-6H2,1H3. The van der Waals surface area contributed by atoms with Crippen molar-refractivity contribution in [3.8, 4) is 0 Å². The van der Waals surface area contributed by atoms with Gasteiger partial charge in [0.2, 0.25) is 0 Å². The van der Waals surface area contributed by atoms with Crippen LogP contribution in [0.3, 0.4) is 0 Å². The fourth-order valence-corrected chi connectivity index (χ4v) is 2.44. The van der Waals surface area contributed by atoms with Gasteiger partial charge in [-0.25, -0.2) is 0 Å². The minimum absolute atomic E-state index is 0.188. The van der Waals surface area contributed by atoms with Crippen molar-refractivity contribution in [2.24, 2.45) is 0 Å². The first-order valence-corrected chi connectivity index (χ1v) is 8.79. The van der Waals surface area contributed by atoms with Crippen LogP contribution in [-0.4, -0.2) is 47.7 Å². The Morgan fingerprint density at radius 3 is 1.67 bits per heavy atom. The lowest BCUT2D eigenvalue weighted by Gasteiger charge is -2.21. The Morgan fingerprint density at radius 2 is 1.33 bits per heavy atom. The Morgan fingerprint density at radius 1 is 0.889 bits per heavy atom. The first-order valence-electron chi connectivity index (χ1n) is 5.22. The van der Waals surface area contributed by atoms with Crippen molar-refractivity contribution in [1.82, 2.24) is 0 Å². The van der Waals surface area contributed by atoms with Gasteiger partial charge in [-0.15, -0.1) is 58.0 Å². The minimum Gasteiger partial charge on any atom is -0.311 e. The van der Waals surface area contributed by atoms with Crippen LogP contribution in [0.25, 0.3) is 0 Å². The molecule has 0 aliphatic carbocycles. The van der Waals surface area contributed by atoms with Gasteiger partial charge in [-0.05, 0) is 6.92 Å². The summed E-state index contributed by atoms with van der Waals surface area (Å²) in [5.74, 6) is 0.913. The topological polar surface area (TPSA) is 27.7 Å². The van der Waals surface area contributed by atoms with Crippen LogP contribution in [0.1, 0.15) is 6.92 Å². The summed E-state index contributed by atoms with van der Waals surface area (Å²) in [4.78, 5) is 0. The molecular formula is C9H16Cl5O3P. The quantitative estimate of drug-likeness (QED) is 0.388. The van der Waals surface area contributed by atoms with Gasteiger partial charge in [-0.1, -0.05) is 0 Å². The molecule has 0 fully saturated rings. The van der Waals surface area contributed by atoms with Crippen molar-refractivity contribution in [3.63, 3.8) is 0 Å². The molecule has 0 spiro atoms. The highest BCUT2D eigenvalue weighted by Gasteiger charge is 2.19. The largest absolute Gasteiger partial charge is 0.333 e. The number of hydrogen-bond acceptors (Lipinski definition) is 3. The third-order valence-corrected chi connectivity index (χ3v) is 4.85. The minimum atomic E-state index is -1.55. The second kappa shape index (κ2) is 12.5. The van der Waals surface area contributed by atoms with Crippen molar-refractivity contribution in [1.29, 1.82) is 0 Å². The maximum absolute atomic E-state index is 5.84. The van der Waals surface area contributed by atoms with Crippen LogP contribution < -0.4 is 0 Å². The molecule has 3 unspecified atom stereocenters. The highest BCUT2D eigenvalue weighted by atomic mass is 35.5. The van der Waals surface area contributed by atoms with Crippen LogP contribution in [0.5, 0.6) is 0 Å². The Kier molecular flexibility index (Phi) is 13.7. The molecule has 0 aromatic carbocycles. The van der Waals surface area contributed by atoms with Crippen LogP contribution >= 0.6 is 66.6 Å². The molecule has 3 nitrogen and oxygen atoms in total. The monoisotopic (exact) mass is 378 g/mol. The zero-order valence-corrected chi connectivity index (χ0v) is 14.5. The summed E-state index contributed by atoms with van der Waals surface area (Å²) in [6, 6.07) is 0. The summed E-state index contributed by atoms with van der Waals surface area (Å²) in [7, 11) is -1.55. The van der Waals surface area contributed by atoms with Crippen molar-refractivity contribution in [3.05, 3.63) is 0 Å². The molecule has 0 aliphatic heterocycles. The maximum atomic E-state index is 5.84. The Balaban J connectivity index is 4.07. The molecule has 0 aliphatic rings. The molecule has 110 valence electrons. The van der Waals surface area contributed by atoms with Gasteiger partial charge in [-0.2, -0.15) is 0 Å². The summed E-state index contributed by atoms with van der Waals surface area (Å²) in [5, 5.41) is -0.593. The lowest BCUT2D eigenvalue weighted by atomic mass is 10.5. The highest BCUT2D eigenvalue weighted by Crippen LogP contribution is 2.42. The molecule has 18 heavy (non-hydrogen) atoms. The third-order valence-electron chi connectivity index (χ3n) is 1.54. The van der Waals surface area contributed by atoms with Crippen LogP contribution in [0, 0.1) is 0 Å². The van der Waals surface area contributed by atoms with Gasteiger partial charge in [0.15, 0.2) is 0 Å². The number of rotatable bonds is 11. The average molecular weight is 380 g/mol. The van der Waals surface area contributed by atoms with E-state index in [9.17, 15) is 0 Å². The molecular weight excluding hydrogens is 364 g/mol. The van der Waals surface area contributed by atoms with E-state index >= 15 is 0 Å². The average Bonchev–Trinajstić information content (AvgIpc) is 2.40.